The molecule has 1 amide bonds. The van der Waals surface area contributed by atoms with E-state index in [0.29, 0.717) is 0 Å². The zero-order valence-electron chi connectivity index (χ0n) is 11.4. The highest BCUT2D eigenvalue weighted by Gasteiger charge is 2.21. The molecule has 1 atom stereocenters. The third-order valence-corrected chi connectivity index (χ3v) is 3.76. The van der Waals surface area contributed by atoms with Crippen LogP contribution in [0.5, 0.6) is 0 Å². The van der Waals surface area contributed by atoms with Crippen molar-refractivity contribution in [3.8, 4) is 0 Å². The maximum Gasteiger partial charge on any atom is 0.257 e. The third-order valence-electron chi connectivity index (χ3n) is 3.30. The van der Waals surface area contributed by atoms with Crippen LogP contribution in [0.15, 0.2) is 16.6 Å². The molecule has 1 unspecified atom stereocenters. The van der Waals surface area contributed by atoms with Crippen molar-refractivity contribution in [1.29, 1.82) is 0 Å². The fourth-order valence-corrected chi connectivity index (χ4v) is 2.45. The van der Waals surface area contributed by atoms with E-state index in [1.54, 1.807) is 0 Å². The van der Waals surface area contributed by atoms with Gasteiger partial charge in [0.25, 0.3) is 5.91 Å². The van der Waals surface area contributed by atoms with Gasteiger partial charge in [0.1, 0.15) is 17.2 Å². The Bertz CT molecular complexity index is 455. The summed E-state index contributed by atoms with van der Waals surface area (Å²) in [6.07, 6.45) is 0.818. The molecule has 0 aliphatic heterocycles. The molecule has 0 heterocycles. The van der Waals surface area contributed by atoms with Gasteiger partial charge in [0.2, 0.25) is 0 Å². The van der Waals surface area contributed by atoms with Crippen molar-refractivity contribution >= 4 is 21.8 Å². The number of rotatable bonds is 6. The fourth-order valence-electron chi connectivity index (χ4n) is 2.04. The Labute approximate surface area is 125 Å². The predicted octanol–water partition coefficient (Wildman–Crippen LogP) is 3.25. The SMILES string of the molecule is CCC(CC)C(O)CNC(=O)c1c(F)cc(Br)cc1F. The number of benzene rings is 1. The molecule has 112 valence electrons. The zero-order chi connectivity index (χ0) is 15.3. The van der Waals surface area contributed by atoms with E-state index in [1.165, 1.54) is 0 Å². The van der Waals surface area contributed by atoms with Crippen LogP contribution in [0.1, 0.15) is 37.0 Å². The van der Waals surface area contributed by atoms with Crippen molar-refractivity contribution in [2.45, 2.75) is 32.8 Å². The number of nitrogens with one attached hydrogen (secondary N) is 1. The van der Waals surface area contributed by atoms with Gasteiger partial charge in [-0.05, 0) is 18.1 Å². The summed E-state index contributed by atoms with van der Waals surface area (Å²) in [5.74, 6) is -2.69. The van der Waals surface area contributed by atoms with Crippen LogP contribution in [0.3, 0.4) is 0 Å². The van der Waals surface area contributed by atoms with Crippen molar-refractivity contribution in [3.05, 3.63) is 33.8 Å². The molecule has 2 N–H and O–H groups in total. The van der Waals surface area contributed by atoms with Gasteiger partial charge in [-0.3, -0.25) is 4.79 Å². The summed E-state index contributed by atoms with van der Waals surface area (Å²) in [5, 5.41) is 12.2. The summed E-state index contributed by atoms with van der Waals surface area (Å²) in [6, 6.07) is 2.05. The van der Waals surface area contributed by atoms with Gasteiger partial charge in [-0.2, -0.15) is 0 Å². The van der Waals surface area contributed by atoms with Crippen LogP contribution < -0.4 is 5.32 Å². The van der Waals surface area contributed by atoms with Crippen molar-refractivity contribution in [2.24, 2.45) is 5.92 Å². The number of halogens is 3. The molecule has 0 saturated heterocycles. The van der Waals surface area contributed by atoms with Crippen LogP contribution in [0.4, 0.5) is 8.78 Å². The molecule has 0 saturated carbocycles. The topological polar surface area (TPSA) is 49.3 Å². The maximum absolute atomic E-state index is 13.6. The molecule has 0 aliphatic carbocycles. The highest BCUT2D eigenvalue weighted by molar-refractivity contribution is 9.10. The second-order valence-corrected chi connectivity index (χ2v) is 5.51. The van der Waals surface area contributed by atoms with Crippen LogP contribution in [-0.4, -0.2) is 23.7 Å². The summed E-state index contributed by atoms with van der Waals surface area (Å²) < 4.78 is 27.4. The Morgan fingerprint density at radius 3 is 2.25 bits per heavy atom. The van der Waals surface area contributed by atoms with E-state index in [-0.39, 0.29) is 16.9 Å². The molecule has 20 heavy (non-hydrogen) atoms. The first-order valence-electron chi connectivity index (χ1n) is 6.51. The van der Waals surface area contributed by atoms with Gasteiger partial charge >= 0.3 is 0 Å². The smallest absolute Gasteiger partial charge is 0.257 e. The molecule has 0 aromatic heterocycles. The number of aliphatic hydroxyl groups excluding tert-OH is 1. The number of aliphatic hydroxyl groups is 1. The van der Waals surface area contributed by atoms with E-state index in [9.17, 15) is 18.7 Å². The number of hydrogen-bond donors (Lipinski definition) is 2. The molecule has 0 fully saturated rings. The van der Waals surface area contributed by atoms with Crippen molar-refractivity contribution < 1.29 is 18.7 Å². The van der Waals surface area contributed by atoms with Crippen LogP contribution in [0, 0.1) is 17.6 Å². The first kappa shape index (κ1) is 17.0. The van der Waals surface area contributed by atoms with Gasteiger partial charge in [-0.1, -0.05) is 42.6 Å². The summed E-state index contributed by atoms with van der Waals surface area (Å²) in [5.41, 5.74) is -0.634. The minimum Gasteiger partial charge on any atom is -0.391 e. The van der Waals surface area contributed by atoms with Crippen LogP contribution in [0.25, 0.3) is 0 Å². The quantitative estimate of drug-likeness (QED) is 0.828. The van der Waals surface area contributed by atoms with Gasteiger partial charge in [0.15, 0.2) is 0 Å². The average molecular weight is 350 g/mol. The maximum atomic E-state index is 13.6. The van der Waals surface area contributed by atoms with Crippen LogP contribution >= 0.6 is 15.9 Å². The lowest BCUT2D eigenvalue weighted by Gasteiger charge is -2.20. The monoisotopic (exact) mass is 349 g/mol. The molecule has 0 aliphatic rings. The van der Waals surface area contributed by atoms with Crippen molar-refractivity contribution in [2.75, 3.05) is 6.54 Å². The number of hydrogen-bond acceptors (Lipinski definition) is 2. The molecular formula is C14H18BrF2NO2. The average Bonchev–Trinajstić information content (AvgIpc) is 2.36. The number of carbonyl (C=O) groups is 1. The molecule has 0 spiro atoms. The van der Waals surface area contributed by atoms with E-state index < -0.39 is 29.2 Å². The largest absolute Gasteiger partial charge is 0.391 e. The zero-order valence-corrected chi connectivity index (χ0v) is 13.0. The van der Waals surface area contributed by atoms with Crippen LogP contribution in [0.2, 0.25) is 0 Å². The number of carbonyl (C=O) groups excluding carboxylic acids is 1. The van der Waals surface area contributed by atoms with E-state index in [1.807, 2.05) is 13.8 Å². The summed E-state index contributed by atoms with van der Waals surface area (Å²) in [7, 11) is 0. The molecule has 3 nitrogen and oxygen atoms in total. The normalized spacial score (nSPS) is 12.6. The molecular weight excluding hydrogens is 332 g/mol. The summed E-state index contributed by atoms with van der Waals surface area (Å²) in [6.45, 7) is 3.85. The Morgan fingerprint density at radius 1 is 1.30 bits per heavy atom. The van der Waals surface area contributed by atoms with Crippen molar-refractivity contribution in [1.82, 2.24) is 5.32 Å². The first-order valence-corrected chi connectivity index (χ1v) is 7.30. The van der Waals surface area contributed by atoms with Gasteiger partial charge in [-0.15, -0.1) is 0 Å². The lowest BCUT2D eigenvalue weighted by molar-refractivity contribution is 0.0810. The minimum atomic E-state index is -0.939. The standard InChI is InChI=1S/C14H18BrF2NO2/c1-3-8(4-2)12(19)7-18-14(20)13-10(16)5-9(15)6-11(13)17/h5-6,8,12,19H,3-4,7H2,1-2H3,(H,18,20). The Hall–Kier alpha value is -1.01. The number of amides is 1. The first-order chi connectivity index (χ1) is 9.40. The highest BCUT2D eigenvalue weighted by atomic mass is 79.9. The Morgan fingerprint density at radius 2 is 1.80 bits per heavy atom. The van der Waals surface area contributed by atoms with Crippen molar-refractivity contribution in [3.63, 3.8) is 0 Å². The molecule has 6 heteroatoms. The second kappa shape index (κ2) is 7.69. The van der Waals surface area contributed by atoms with Crippen LogP contribution in [-0.2, 0) is 0 Å². The minimum absolute atomic E-state index is 0.0277. The van der Waals surface area contributed by atoms with Gasteiger partial charge < -0.3 is 10.4 Å². The molecule has 1 aromatic carbocycles. The third kappa shape index (κ3) is 4.24. The van der Waals surface area contributed by atoms with E-state index in [2.05, 4.69) is 21.2 Å². The molecule has 0 bridgehead atoms. The summed E-state index contributed by atoms with van der Waals surface area (Å²) in [4.78, 5) is 11.8. The molecule has 1 aromatic rings. The Kier molecular flexibility index (Phi) is 6.55. The second-order valence-electron chi connectivity index (χ2n) is 4.60. The lowest BCUT2D eigenvalue weighted by Crippen LogP contribution is -2.36. The van der Waals surface area contributed by atoms with E-state index >= 15 is 0 Å². The van der Waals surface area contributed by atoms with Gasteiger partial charge in [-0.25, -0.2) is 8.78 Å². The summed E-state index contributed by atoms with van der Waals surface area (Å²) >= 11 is 2.94. The lowest BCUT2D eigenvalue weighted by atomic mass is 9.96. The van der Waals surface area contributed by atoms with E-state index in [4.69, 9.17) is 0 Å². The fraction of sp³-hybridized carbons (Fsp3) is 0.500. The Balaban J connectivity index is 2.73. The highest BCUT2D eigenvalue weighted by Crippen LogP contribution is 2.19. The van der Waals surface area contributed by atoms with Gasteiger partial charge in [0.05, 0.1) is 6.10 Å². The van der Waals surface area contributed by atoms with E-state index in [0.717, 1.165) is 25.0 Å². The predicted molar refractivity (Wildman–Crippen MR) is 76.5 cm³/mol. The molecule has 1 rings (SSSR count). The molecule has 0 radical (unpaired) electrons. The van der Waals surface area contributed by atoms with Gasteiger partial charge in [0, 0.05) is 11.0 Å².